The number of rotatable bonds is 7. The van der Waals surface area contributed by atoms with Crippen LogP contribution in [0.1, 0.15) is 37.0 Å². The molecule has 1 N–H and O–H groups in total. The molecule has 0 unspecified atom stereocenters. The van der Waals surface area contributed by atoms with Gasteiger partial charge in [0, 0.05) is 29.3 Å². The Kier molecular flexibility index (Phi) is 7.27. The molecule has 2 aromatic rings. The number of amides is 1. The smallest absolute Gasteiger partial charge is 0.306 e. The number of nitrogens with zero attached hydrogens (tertiary/aromatic N) is 1. The Bertz CT molecular complexity index is 720. The maximum Gasteiger partial charge on any atom is 0.306 e. The van der Waals surface area contributed by atoms with Crippen molar-refractivity contribution in [2.45, 2.75) is 38.5 Å². The number of benzene rings is 1. The minimum absolute atomic E-state index is 0.253. The second-order valence-electron chi connectivity index (χ2n) is 6.74. The molecular formula is C21H26N2O3S. The van der Waals surface area contributed by atoms with Crippen molar-refractivity contribution in [2.75, 3.05) is 29.9 Å². The predicted molar refractivity (Wildman–Crippen MR) is 109 cm³/mol. The van der Waals surface area contributed by atoms with Crippen LogP contribution in [0.3, 0.4) is 0 Å². The van der Waals surface area contributed by atoms with Crippen molar-refractivity contribution in [3.63, 3.8) is 0 Å². The van der Waals surface area contributed by atoms with Gasteiger partial charge < -0.3 is 15.0 Å². The van der Waals surface area contributed by atoms with Crippen LogP contribution in [-0.2, 0) is 20.7 Å². The number of anilines is 2. The van der Waals surface area contributed by atoms with Gasteiger partial charge in [0.25, 0.3) is 5.91 Å². The zero-order chi connectivity index (χ0) is 18.9. The average Bonchev–Trinajstić information content (AvgIpc) is 3.06. The largest absolute Gasteiger partial charge is 0.456 e. The highest BCUT2D eigenvalue weighted by Crippen LogP contribution is 2.21. The molecule has 3 rings (SSSR count). The molecular weight excluding hydrogens is 360 g/mol. The summed E-state index contributed by atoms with van der Waals surface area (Å²) in [6.07, 6.45) is 6.01. The number of nitrogens with one attached hydrogen (secondary N) is 1. The third-order valence-corrected chi connectivity index (χ3v) is 5.58. The molecule has 27 heavy (non-hydrogen) atoms. The van der Waals surface area contributed by atoms with Gasteiger partial charge >= 0.3 is 5.97 Å². The molecule has 0 saturated carbocycles. The Morgan fingerprint density at radius 3 is 2.44 bits per heavy atom. The van der Waals surface area contributed by atoms with E-state index in [1.807, 2.05) is 41.8 Å². The standard InChI is InChI=1S/C21H26N2O3S/c24-20(16-26-21(25)12-11-19-6-5-15-27-19)22-17-7-9-18(10-8-17)23-13-3-1-2-4-14-23/h5-10,15H,1-4,11-14,16H2,(H,22,24). The van der Waals surface area contributed by atoms with E-state index in [0.717, 1.165) is 18.0 Å². The lowest BCUT2D eigenvalue weighted by Gasteiger charge is -2.22. The quantitative estimate of drug-likeness (QED) is 0.723. The monoisotopic (exact) mass is 386 g/mol. The molecule has 1 aliphatic rings. The molecule has 144 valence electrons. The topological polar surface area (TPSA) is 58.6 Å². The van der Waals surface area contributed by atoms with Gasteiger partial charge in [0.2, 0.25) is 0 Å². The molecule has 1 aromatic heterocycles. The molecule has 0 spiro atoms. The van der Waals surface area contributed by atoms with E-state index < -0.39 is 0 Å². The first kappa shape index (κ1) is 19.4. The Morgan fingerprint density at radius 1 is 1.04 bits per heavy atom. The molecule has 6 heteroatoms. The Morgan fingerprint density at radius 2 is 1.78 bits per heavy atom. The van der Waals surface area contributed by atoms with Gasteiger partial charge in [-0.05, 0) is 55.0 Å². The summed E-state index contributed by atoms with van der Waals surface area (Å²) in [5.41, 5.74) is 1.91. The molecule has 1 saturated heterocycles. The second kappa shape index (κ2) is 10.1. The summed E-state index contributed by atoms with van der Waals surface area (Å²) in [7, 11) is 0. The fourth-order valence-corrected chi connectivity index (χ4v) is 3.89. The summed E-state index contributed by atoms with van der Waals surface area (Å²) in [4.78, 5) is 27.3. The molecule has 2 heterocycles. The van der Waals surface area contributed by atoms with E-state index in [2.05, 4.69) is 10.2 Å². The summed E-state index contributed by atoms with van der Waals surface area (Å²) in [6, 6.07) is 11.8. The summed E-state index contributed by atoms with van der Waals surface area (Å²) in [5.74, 6) is -0.669. The minimum atomic E-state index is -0.352. The number of thiophene rings is 1. The molecule has 1 aliphatic heterocycles. The van der Waals surface area contributed by atoms with Crippen molar-refractivity contribution in [2.24, 2.45) is 0 Å². The number of carbonyl (C=O) groups is 2. The number of hydrogen-bond donors (Lipinski definition) is 1. The molecule has 0 bridgehead atoms. The molecule has 5 nitrogen and oxygen atoms in total. The van der Waals surface area contributed by atoms with E-state index in [9.17, 15) is 9.59 Å². The van der Waals surface area contributed by atoms with E-state index in [1.165, 1.54) is 31.4 Å². The van der Waals surface area contributed by atoms with Crippen molar-refractivity contribution >= 4 is 34.6 Å². The van der Waals surface area contributed by atoms with Crippen LogP contribution in [-0.4, -0.2) is 31.6 Å². The fraction of sp³-hybridized carbons (Fsp3) is 0.429. The van der Waals surface area contributed by atoms with Gasteiger partial charge in [-0.15, -0.1) is 11.3 Å². The van der Waals surface area contributed by atoms with Crippen LogP contribution in [0.15, 0.2) is 41.8 Å². The van der Waals surface area contributed by atoms with Gasteiger partial charge in [-0.1, -0.05) is 18.9 Å². The molecule has 0 atom stereocenters. The first-order valence-corrected chi connectivity index (χ1v) is 10.4. The summed E-state index contributed by atoms with van der Waals surface area (Å²) < 4.78 is 5.05. The van der Waals surface area contributed by atoms with Crippen LogP contribution in [0.5, 0.6) is 0 Å². The Labute approximate surface area is 164 Å². The van der Waals surface area contributed by atoms with Crippen LogP contribution in [0.2, 0.25) is 0 Å². The number of hydrogen-bond acceptors (Lipinski definition) is 5. The van der Waals surface area contributed by atoms with Crippen LogP contribution in [0.4, 0.5) is 11.4 Å². The van der Waals surface area contributed by atoms with Crippen LogP contribution in [0, 0.1) is 0 Å². The van der Waals surface area contributed by atoms with E-state index in [1.54, 1.807) is 11.3 Å². The molecule has 0 aliphatic carbocycles. The SMILES string of the molecule is O=C(COC(=O)CCc1cccs1)Nc1ccc(N2CCCCCC2)cc1. The highest BCUT2D eigenvalue weighted by molar-refractivity contribution is 7.09. The van der Waals surface area contributed by atoms with Gasteiger partial charge in [0.15, 0.2) is 6.61 Å². The highest BCUT2D eigenvalue weighted by atomic mass is 32.1. The lowest BCUT2D eigenvalue weighted by Crippen LogP contribution is -2.24. The average molecular weight is 387 g/mol. The van der Waals surface area contributed by atoms with Gasteiger partial charge in [0.1, 0.15) is 0 Å². The summed E-state index contributed by atoms with van der Waals surface area (Å²) >= 11 is 1.61. The van der Waals surface area contributed by atoms with Gasteiger partial charge in [-0.2, -0.15) is 0 Å². The molecule has 0 radical (unpaired) electrons. The van der Waals surface area contributed by atoms with Gasteiger partial charge in [-0.25, -0.2) is 0 Å². The zero-order valence-electron chi connectivity index (χ0n) is 15.5. The maximum absolute atomic E-state index is 12.0. The van der Waals surface area contributed by atoms with E-state index in [0.29, 0.717) is 18.5 Å². The van der Waals surface area contributed by atoms with E-state index in [-0.39, 0.29) is 18.5 Å². The normalized spacial score (nSPS) is 14.4. The number of carbonyl (C=O) groups excluding carboxylic acids is 2. The van der Waals surface area contributed by atoms with Gasteiger partial charge in [-0.3, -0.25) is 9.59 Å². The number of ether oxygens (including phenoxy) is 1. The summed E-state index contributed by atoms with van der Waals surface area (Å²) in [6.45, 7) is 1.93. The molecule has 1 fully saturated rings. The third-order valence-electron chi connectivity index (χ3n) is 4.64. The van der Waals surface area contributed by atoms with Crippen LogP contribution in [0.25, 0.3) is 0 Å². The van der Waals surface area contributed by atoms with Crippen molar-refractivity contribution < 1.29 is 14.3 Å². The second-order valence-corrected chi connectivity index (χ2v) is 7.77. The van der Waals surface area contributed by atoms with Gasteiger partial charge in [0.05, 0.1) is 6.42 Å². The lowest BCUT2D eigenvalue weighted by atomic mass is 10.2. The predicted octanol–water partition coefficient (Wildman–Crippen LogP) is 4.24. The third kappa shape index (κ3) is 6.40. The minimum Gasteiger partial charge on any atom is -0.456 e. The lowest BCUT2D eigenvalue weighted by molar-refractivity contribution is -0.147. The van der Waals surface area contributed by atoms with Crippen molar-refractivity contribution in [3.8, 4) is 0 Å². The Balaban J connectivity index is 1.40. The van der Waals surface area contributed by atoms with Crippen molar-refractivity contribution in [1.29, 1.82) is 0 Å². The number of esters is 1. The van der Waals surface area contributed by atoms with Crippen LogP contribution < -0.4 is 10.2 Å². The zero-order valence-corrected chi connectivity index (χ0v) is 16.3. The van der Waals surface area contributed by atoms with Crippen LogP contribution >= 0.6 is 11.3 Å². The van der Waals surface area contributed by atoms with E-state index >= 15 is 0 Å². The maximum atomic E-state index is 12.0. The fourth-order valence-electron chi connectivity index (χ4n) is 3.18. The van der Waals surface area contributed by atoms with Crippen molar-refractivity contribution in [1.82, 2.24) is 0 Å². The molecule has 1 aromatic carbocycles. The van der Waals surface area contributed by atoms with Crippen molar-refractivity contribution in [3.05, 3.63) is 46.7 Å². The first-order valence-electron chi connectivity index (χ1n) is 9.53. The summed E-state index contributed by atoms with van der Waals surface area (Å²) in [5, 5.41) is 4.76. The number of aryl methyl sites for hydroxylation is 1. The Hall–Kier alpha value is -2.34. The molecule has 1 amide bonds. The first-order chi connectivity index (χ1) is 13.2. The van der Waals surface area contributed by atoms with E-state index in [4.69, 9.17) is 4.74 Å². The highest BCUT2D eigenvalue weighted by Gasteiger charge is 2.11.